The van der Waals surface area contributed by atoms with Gasteiger partial charge in [0, 0.05) is 28.4 Å². The molecule has 9 heteroatoms. The quantitative estimate of drug-likeness (QED) is 0.314. The van der Waals surface area contributed by atoms with Crippen LogP contribution in [-0.4, -0.2) is 31.4 Å². The van der Waals surface area contributed by atoms with Crippen LogP contribution in [0, 0.1) is 0 Å². The molecule has 4 aromatic rings. The third-order valence-corrected chi connectivity index (χ3v) is 6.79. The average Bonchev–Trinajstić information content (AvgIpc) is 3.40. The number of thiazole rings is 1. The average molecular weight is 514 g/mol. The van der Waals surface area contributed by atoms with Crippen molar-refractivity contribution in [2.75, 3.05) is 11.1 Å². The Morgan fingerprint density at radius 1 is 1.13 bits per heavy atom. The van der Waals surface area contributed by atoms with Gasteiger partial charge in [0.2, 0.25) is 5.91 Å². The molecular formula is C22H20BrN5OS2. The smallest absolute Gasteiger partial charge is 0.236 e. The number of halogens is 1. The first-order valence-electron chi connectivity index (χ1n) is 9.72. The molecule has 31 heavy (non-hydrogen) atoms. The van der Waals surface area contributed by atoms with Gasteiger partial charge in [-0.25, -0.2) is 4.98 Å². The Morgan fingerprint density at radius 3 is 2.65 bits per heavy atom. The third-order valence-electron chi connectivity index (χ3n) is 4.54. The zero-order valence-electron chi connectivity index (χ0n) is 16.8. The van der Waals surface area contributed by atoms with E-state index in [4.69, 9.17) is 0 Å². The van der Waals surface area contributed by atoms with Gasteiger partial charge >= 0.3 is 0 Å². The second kappa shape index (κ2) is 10.2. The molecule has 0 saturated heterocycles. The molecule has 0 fully saturated rings. The van der Waals surface area contributed by atoms with Crippen LogP contribution in [0.25, 0.3) is 11.3 Å². The van der Waals surface area contributed by atoms with Gasteiger partial charge in [-0.05, 0) is 24.6 Å². The number of thioether (sulfide) groups is 1. The molecule has 0 aliphatic rings. The van der Waals surface area contributed by atoms with Gasteiger partial charge in [0.1, 0.15) is 5.82 Å². The van der Waals surface area contributed by atoms with Crippen molar-refractivity contribution < 1.29 is 4.79 Å². The molecule has 1 N–H and O–H groups in total. The predicted molar refractivity (Wildman–Crippen MR) is 130 cm³/mol. The molecule has 0 atom stereocenters. The van der Waals surface area contributed by atoms with Crippen LogP contribution in [0.4, 0.5) is 5.13 Å². The molecule has 6 nitrogen and oxygen atoms in total. The number of hydrogen-bond donors (Lipinski definition) is 1. The fraction of sp³-hybridized carbons (Fsp3) is 0.182. The lowest BCUT2D eigenvalue weighted by atomic mass is 10.1. The number of anilines is 1. The highest BCUT2D eigenvalue weighted by Gasteiger charge is 2.14. The van der Waals surface area contributed by atoms with Crippen molar-refractivity contribution in [1.82, 2.24) is 19.7 Å². The van der Waals surface area contributed by atoms with Crippen molar-refractivity contribution in [3.8, 4) is 11.3 Å². The van der Waals surface area contributed by atoms with E-state index in [0.29, 0.717) is 11.6 Å². The molecular weight excluding hydrogens is 494 g/mol. The lowest BCUT2D eigenvalue weighted by Gasteiger charge is -2.07. The van der Waals surface area contributed by atoms with E-state index in [0.717, 1.165) is 33.3 Å². The lowest BCUT2D eigenvalue weighted by molar-refractivity contribution is -0.113. The Kier molecular flexibility index (Phi) is 7.16. The number of carbonyl (C=O) groups is 1. The molecule has 0 saturated carbocycles. The molecule has 0 unspecified atom stereocenters. The van der Waals surface area contributed by atoms with E-state index in [-0.39, 0.29) is 11.7 Å². The number of hydrogen-bond acceptors (Lipinski definition) is 6. The second-order valence-corrected chi connectivity index (χ2v) is 9.40. The molecule has 0 bridgehead atoms. The highest BCUT2D eigenvalue weighted by Crippen LogP contribution is 2.26. The number of carbonyl (C=O) groups excluding carboxylic acids is 1. The van der Waals surface area contributed by atoms with Crippen LogP contribution in [0.1, 0.15) is 18.3 Å². The van der Waals surface area contributed by atoms with E-state index in [1.807, 2.05) is 47.8 Å². The second-order valence-electron chi connectivity index (χ2n) is 6.69. The summed E-state index contributed by atoms with van der Waals surface area (Å²) >= 11 is 6.23. The molecule has 2 aromatic carbocycles. The lowest BCUT2D eigenvalue weighted by Crippen LogP contribution is -2.14. The molecule has 4 rings (SSSR count). The number of nitrogens with zero attached hydrogens (tertiary/aromatic N) is 4. The van der Waals surface area contributed by atoms with Crippen molar-refractivity contribution in [2.45, 2.75) is 25.0 Å². The molecule has 2 aromatic heterocycles. The highest BCUT2D eigenvalue weighted by atomic mass is 79.9. The summed E-state index contributed by atoms with van der Waals surface area (Å²) in [6, 6.07) is 18.1. The van der Waals surface area contributed by atoms with Crippen molar-refractivity contribution in [3.05, 3.63) is 75.8 Å². The van der Waals surface area contributed by atoms with Crippen molar-refractivity contribution >= 4 is 50.1 Å². The number of nitrogens with one attached hydrogen (secondary N) is 1. The van der Waals surface area contributed by atoms with Crippen LogP contribution in [0.5, 0.6) is 0 Å². The largest absolute Gasteiger partial charge is 0.306 e. The minimum absolute atomic E-state index is 0.114. The molecule has 0 aliphatic heterocycles. The number of amides is 1. The van der Waals surface area contributed by atoms with E-state index < -0.39 is 0 Å². The zero-order valence-corrected chi connectivity index (χ0v) is 20.0. The number of rotatable bonds is 8. The first-order valence-corrected chi connectivity index (χ1v) is 12.4. The Bertz CT molecular complexity index is 1160. The third kappa shape index (κ3) is 5.61. The maximum atomic E-state index is 12.4. The van der Waals surface area contributed by atoms with Crippen LogP contribution < -0.4 is 5.32 Å². The van der Waals surface area contributed by atoms with Crippen LogP contribution in [-0.2, 0) is 17.8 Å². The molecule has 1 amide bonds. The zero-order chi connectivity index (χ0) is 21.6. The Labute approximate surface area is 197 Å². The Hall–Kier alpha value is -2.49. The first-order chi connectivity index (χ1) is 15.1. The van der Waals surface area contributed by atoms with Crippen LogP contribution in [0.3, 0.4) is 0 Å². The van der Waals surface area contributed by atoms with Gasteiger partial charge in [0.05, 0.1) is 11.4 Å². The van der Waals surface area contributed by atoms with Crippen molar-refractivity contribution in [3.63, 3.8) is 0 Å². The minimum Gasteiger partial charge on any atom is -0.306 e. The summed E-state index contributed by atoms with van der Waals surface area (Å²) in [5.74, 6) is 1.03. The molecule has 2 heterocycles. The van der Waals surface area contributed by atoms with E-state index in [9.17, 15) is 4.79 Å². The van der Waals surface area contributed by atoms with Gasteiger partial charge in [-0.3, -0.25) is 4.79 Å². The highest BCUT2D eigenvalue weighted by molar-refractivity contribution is 9.10. The summed E-state index contributed by atoms with van der Waals surface area (Å²) in [5, 5.41) is 14.8. The SMILES string of the molecule is CCn1c(Cc2ccccc2)nnc1SCC(=O)Nc1nc(-c2ccc(Br)cc2)cs1. The first kappa shape index (κ1) is 21.7. The Morgan fingerprint density at radius 2 is 1.90 bits per heavy atom. The van der Waals surface area contributed by atoms with Gasteiger partial charge in [-0.15, -0.1) is 21.5 Å². The normalized spacial score (nSPS) is 10.9. The maximum absolute atomic E-state index is 12.4. The van der Waals surface area contributed by atoms with Gasteiger partial charge < -0.3 is 9.88 Å². The minimum atomic E-state index is -0.114. The van der Waals surface area contributed by atoms with Gasteiger partial charge in [0.15, 0.2) is 10.3 Å². The summed E-state index contributed by atoms with van der Waals surface area (Å²) in [6.07, 6.45) is 0.715. The van der Waals surface area contributed by atoms with Gasteiger partial charge in [0.25, 0.3) is 0 Å². The van der Waals surface area contributed by atoms with Crippen molar-refractivity contribution in [1.29, 1.82) is 0 Å². The van der Waals surface area contributed by atoms with E-state index in [1.54, 1.807) is 0 Å². The summed E-state index contributed by atoms with van der Waals surface area (Å²) in [6.45, 7) is 2.81. The fourth-order valence-electron chi connectivity index (χ4n) is 3.02. The topological polar surface area (TPSA) is 72.7 Å². The summed E-state index contributed by atoms with van der Waals surface area (Å²) in [5.41, 5.74) is 3.04. The number of benzene rings is 2. The van der Waals surface area contributed by atoms with Crippen LogP contribution >= 0.6 is 39.0 Å². The Balaban J connectivity index is 1.35. The monoisotopic (exact) mass is 513 g/mol. The van der Waals surface area contributed by atoms with E-state index in [1.165, 1.54) is 28.7 Å². The van der Waals surface area contributed by atoms with Crippen LogP contribution in [0.2, 0.25) is 0 Å². The summed E-state index contributed by atoms with van der Waals surface area (Å²) in [4.78, 5) is 17.0. The molecule has 158 valence electrons. The van der Waals surface area contributed by atoms with Crippen molar-refractivity contribution in [2.24, 2.45) is 0 Å². The molecule has 0 radical (unpaired) electrons. The number of aromatic nitrogens is 4. The summed E-state index contributed by atoms with van der Waals surface area (Å²) < 4.78 is 3.07. The van der Waals surface area contributed by atoms with Gasteiger partial charge in [-0.1, -0.05) is 70.2 Å². The van der Waals surface area contributed by atoms with E-state index >= 15 is 0 Å². The van der Waals surface area contributed by atoms with Gasteiger partial charge in [-0.2, -0.15) is 0 Å². The summed E-state index contributed by atoms with van der Waals surface area (Å²) in [7, 11) is 0. The van der Waals surface area contributed by atoms with E-state index in [2.05, 4.69) is 60.1 Å². The maximum Gasteiger partial charge on any atom is 0.236 e. The fourth-order valence-corrected chi connectivity index (χ4v) is 4.84. The molecule has 0 spiro atoms. The van der Waals surface area contributed by atoms with Crippen LogP contribution in [0.15, 0.2) is 69.6 Å². The predicted octanol–water partition coefficient (Wildman–Crippen LogP) is 5.51. The molecule has 0 aliphatic carbocycles. The standard InChI is InChI=1S/C22H20BrN5OS2/c1-2-28-19(12-15-6-4-3-5-7-15)26-27-22(28)31-14-20(29)25-21-24-18(13-30-21)16-8-10-17(23)11-9-16/h3-11,13H,2,12,14H2,1H3,(H,24,25,29).